The molecular weight excluding hydrogens is 550 g/mol. The summed E-state index contributed by atoms with van der Waals surface area (Å²) in [5.41, 5.74) is 0. The molecule has 0 heterocycles. The third-order valence-corrected chi connectivity index (χ3v) is 8.18. The number of amides is 1. The van der Waals surface area contributed by atoms with Crippen LogP contribution in [0.25, 0.3) is 0 Å². The Bertz CT molecular complexity index is 824. The quantitative estimate of drug-likeness (QED) is 0.0385. The Hall–Kier alpha value is -1.48. The molecule has 0 aliphatic carbocycles. The van der Waals surface area contributed by atoms with Gasteiger partial charge in [0.1, 0.15) is 6.10 Å². The van der Waals surface area contributed by atoms with Gasteiger partial charge in [0, 0.05) is 0 Å². The summed E-state index contributed by atoms with van der Waals surface area (Å²) >= 11 is 0. The number of unbranched alkanes of at least 4 members (excludes halogenated alkanes) is 16. The lowest BCUT2D eigenvalue weighted by Gasteiger charge is -2.22. The lowest BCUT2D eigenvalue weighted by atomic mass is 10.0. The van der Waals surface area contributed by atoms with Crippen molar-refractivity contribution in [2.75, 3.05) is 5.75 Å². The van der Waals surface area contributed by atoms with Crippen molar-refractivity contribution in [1.29, 1.82) is 0 Å². The lowest BCUT2D eigenvalue weighted by Crippen LogP contribution is -2.50. The number of allylic oxidation sites excluding steroid dienone is 5. The highest BCUT2D eigenvalue weighted by Crippen LogP contribution is 2.12. The molecule has 4 N–H and O–H groups in total. The van der Waals surface area contributed by atoms with E-state index < -0.39 is 40.0 Å². The molecule has 0 aliphatic rings. The maximum atomic E-state index is 12.5. The minimum atomic E-state index is -4.44. The standard InChI is InChI=1S/C34H63NO6S/c1-3-5-7-9-11-13-14-15-16-17-18-19-21-23-25-27-29-33(37)34(38)35-31(30-42(39,40)41)32(36)28-26-24-22-20-12-10-8-6-4-2/h12,15-16,20,26,28,31-33,36-37H,3-11,13-14,17-19,21-25,27,29-30H2,1-2H3,(H,35,38)(H,39,40,41)/b16-15-,20-12+,28-26+. The molecule has 0 fully saturated rings. The molecule has 0 aromatic rings. The average molecular weight is 614 g/mol. The predicted octanol–water partition coefficient (Wildman–Crippen LogP) is 7.98. The number of rotatable bonds is 29. The van der Waals surface area contributed by atoms with E-state index in [1.807, 2.05) is 0 Å². The molecule has 1 amide bonds. The van der Waals surface area contributed by atoms with E-state index in [0.29, 0.717) is 12.8 Å². The molecule has 8 heteroatoms. The third kappa shape index (κ3) is 27.4. The zero-order valence-electron chi connectivity index (χ0n) is 26.7. The first kappa shape index (κ1) is 40.5. The number of hydrogen-bond donors (Lipinski definition) is 4. The van der Waals surface area contributed by atoms with Gasteiger partial charge in [-0.05, 0) is 57.8 Å². The highest BCUT2D eigenvalue weighted by atomic mass is 32.2. The van der Waals surface area contributed by atoms with Crippen LogP contribution in [0.5, 0.6) is 0 Å². The van der Waals surface area contributed by atoms with E-state index in [4.69, 9.17) is 0 Å². The van der Waals surface area contributed by atoms with Crippen LogP contribution in [-0.4, -0.2) is 53.1 Å². The maximum absolute atomic E-state index is 12.5. The van der Waals surface area contributed by atoms with Gasteiger partial charge in [0.05, 0.1) is 17.9 Å². The van der Waals surface area contributed by atoms with E-state index in [-0.39, 0.29) is 6.42 Å². The summed E-state index contributed by atoms with van der Waals surface area (Å²) in [5.74, 6) is -1.57. The Balaban J connectivity index is 4.16. The number of aliphatic hydroxyl groups excluding tert-OH is 2. The van der Waals surface area contributed by atoms with E-state index in [2.05, 4.69) is 43.5 Å². The van der Waals surface area contributed by atoms with Crippen molar-refractivity contribution >= 4 is 16.0 Å². The summed E-state index contributed by atoms with van der Waals surface area (Å²) in [6.07, 6.45) is 32.1. The van der Waals surface area contributed by atoms with Crippen LogP contribution in [0.2, 0.25) is 0 Å². The molecule has 0 aliphatic heterocycles. The fourth-order valence-electron chi connectivity index (χ4n) is 4.76. The minimum absolute atomic E-state index is 0.266. The van der Waals surface area contributed by atoms with Crippen molar-refractivity contribution in [2.45, 2.75) is 167 Å². The van der Waals surface area contributed by atoms with Crippen LogP contribution in [0.3, 0.4) is 0 Å². The monoisotopic (exact) mass is 613 g/mol. The highest BCUT2D eigenvalue weighted by Gasteiger charge is 2.27. The van der Waals surface area contributed by atoms with Crippen molar-refractivity contribution in [2.24, 2.45) is 0 Å². The largest absolute Gasteiger partial charge is 0.387 e. The van der Waals surface area contributed by atoms with Gasteiger partial charge in [-0.15, -0.1) is 0 Å². The lowest BCUT2D eigenvalue weighted by molar-refractivity contribution is -0.130. The summed E-state index contributed by atoms with van der Waals surface area (Å²) in [6.45, 7) is 4.41. The number of hydrogen-bond acceptors (Lipinski definition) is 5. The molecule has 42 heavy (non-hydrogen) atoms. The van der Waals surface area contributed by atoms with E-state index in [0.717, 1.165) is 38.5 Å². The van der Waals surface area contributed by atoms with Crippen LogP contribution in [0.1, 0.15) is 149 Å². The van der Waals surface area contributed by atoms with Gasteiger partial charge in [-0.2, -0.15) is 8.42 Å². The van der Waals surface area contributed by atoms with Crippen LogP contribution in [0.4, 0.5) is 0 Å². The van der Waals surface area contributed by atoms with Crippen LogP contribution in [-0.2, 0) is 14.9 Å². The first-order valence-electron chi connectivity index (χ1n) is 16.8. The molecule has 0 radical (unpaired) electrons. The normalized spacial score (nSPS) is 14.7. The molecule has 0 bridgehead atoms. The Kier molecular flexibility index (Phi) is 27.3. The van der Waals surface area contributed by atoms with Gasteiger partial charge in [0.15, 0.2) is 0 Å². The van der Waals surface area contributed by atoms with E-state index >= 15 is 0 Å². The molecule has 7 nitrogen and oxygen atoms in total. The number of carbonyl (C=O) groups excluding carboxylic acids is 1. The van der Waals surface area contributed by atoms with E-state index in [9.17, 15) is 28.0 Å². The second-order valence-electron chi connectivity index (χ2n) is 11.6. The smallest absolute Gasteiger partial charge is 0.267 e. The molecule has 0 saturated carbocycles. The Morgan fingerprint density at radius 1 is 0.643 bits per heavy atom. The Labute approximate surface area is 258 Å². The van der Waals surface area contributed by atoms with Crippen molar-refractivity contribution < 1.29 is 28.0 Å². The van der Waals surface area contributed by atoms with Gasteiger partial charge in [0.2, 0.25) is 5.91 Å². The van der Waals surface area contributed by atoms with Gasteiger partial charge in [-0.1, -0.05) is 127 Å². The molecule has 0 rings (SSSR count). The molecule has 0 saturated heterocycles. The van der Waals surface area contributed by atoms with Crippen LogP contribution < -0.4 is 5.32 Å². The summed E-state index contributed by atoms with van der Waals surface area (Å²) < 4.78 is 32.2. The zero-order chi connectivity index (χ0) is 31.3. The third-order valence-electron chi connectivity index (χ3n) is 7.40. The van der Waals surface area contributed by atoms with E-state index in [1.165, 1.54) is 83.1 Å². The second kappa shape index (κ2) is 28.3. The maximum Gasteiger partial charge on any atom is 0.267 e. The fraction of sp³-hybridized carbons (Fsp3) is 0.794. The van der Waals surface area contributed by atoms with Crippen LogP contribution in [0, 0.1) is 0 Å². The molecule has 246 valence electrons. The van der Waals surface area contributed by atoms with Crippen molar-refractivity contribution in [3.63, 3.8) is 0 Å². The molecule has 0 aromatic heterocycles. The van der Waals surface area contributed by atoms with Gasteiger partial charge in [-0.25, -0.2) is 0 Å². The SMILES string of the molecule is CCCCC/C=C/CC/C=C/C(O)C(CS(=O)(=O)O)NC(=O)C(O)CCCCCCCC/C=C\CCCCCCCC. The van der Waals surface area contributed by atoms with Crippen molar-refractivity contribution in [3.8, 4) is 0 Å². The summed E-state index contributed by atoms with van der Waals surface area (Å²) in [4.78, 5) is 12.5. The average Bonchev–Trinajstić information content (AvgIpc) is 2.94. The van der Waals surface area contributed by atoms with Crippen LogP contribution >= 0.6 is 0 Å². The number of aliphatic hydroxyl groups is 2. The van der Waals surface area contributed by atoms with Gasteiger partial charge >= 0.3 is 0 Å². The van der Waals surface area contributed by atoms with E-state index in [1.54, 1.807) is 6.08 Å². The first-order valence-corrected chi connectivity index (χ1v) is 18.4. The van der Waals surface area contributed by atoms with Gasteiger partial charge in [-0.3, -0.25) is 9.35 Å². The predicted molar refractivity (Wildman–Crippen MR) is 176 cm³/mol. The van der Waals surface area contributed by atoms with Crippen LogP contribution in [0.15, 0.2) is 36.5 Å². The highest BCUT2D eigenvalue weighted by molar-refractivity contribution is 7.85. The topological polar surface area (TPSA) is 124 Å². The first-order chi connectivity index (χ1) is 20.2. The summed E-state index contributed by atoms with van der Waals surface area (Å²) in [6, 6.07) is -1.25. The Morgan fingerprint density at radius 2 is 1.07 bits per heavy atom. The second-order valence-corrected chi connectivity index (χ2v) is 13.1. The molecule has 0 spiro atoms. The number of nitrogens with one attached hydrogen (secondary N) is 1. The summed E-state index contributed by atoms with van der Waals surface area (Å²) in [5, 5.41) is 23.1. The molecular formula is C34H63NO6S. The van der Waals surface area contributed by atoms with Crippen molar-refractivity contribution in [1.82, 2.24) is 5.32 Å². The summed E-state index contributed by atoms with van der Waals surface area (Å²) in [7, 11) is -4.44. The fourth-order valence-corrected chi connectivity index (χ4v) is 5.49. The molecule has 3 unspecified atom stereocenters. The number of carbonyl (C=O) groups is 1. The minimum Gasteiger partial charge on any atom is -0.387 e. The molecule has 0 aromatic carbocycles. The Morgan fingerprint density at radius 3 is 1.62 bits per heavy atom. The zero-order valence-corrected chi connectivity index (χ0v) is 27.5. The molecule has 3 atom stereocenters. The van der Waals surface area contributed by atoms with Crippen molar-refractivity contribution in [3.05, 3.63) is 36.5 Å². The van der Waals surface area contributed by atoms with Gasteiger partial charge in [0.25, 0.3) is 10.1 Å². The van der Waals surface area contributed by atoms with Gasteiger partial charge < -0.3 is 15.5 Å².